The molecule has 0 fully saturated rings. The number of methoxy groups -OCH3 is 1. The minimum Gasteiger partial charge on any atom is -0.377 e. The van der Waals surface area contributed by atoms with Crippen molar-refractivity contribution in [3.63, 3.8) is 0 Å². The van der Waals surface area contributed by atoms with E-state index in [4.69, 9.17) is 4.74 Å². The first-order valence-electron chi connectivity index (χ1n) is 4.98. The summed E-state index contributed by atoms with van der Waals surface area (Å²) in [6.07, 6.45) is 0. The van der Waals surface area contributed by atoms with Crippen LogP contribution in [-0.2, 0) is 4.74 Å². The Kier molecular flexibility index (Phi) is 4.46. The third kappa shape index (κ3) is 3.15. The lowest BCUT2D eigenvalue weighted by atomic mass is 10.0. The highest BCUT2D eigenvalue weighted by atomic mass is 16.5. The highest BCUT2D eigenvalue weighted by Gasteiger charge is 2.06. The molecule has 1 unspecified atom stereocenters. The standard InChI is InChI=1S/C12H17NO2/c1-9(13-2)10-4-6-11(7-5-10)12(14)8-15-3/h4-7,9,13H,8H2,1-3H3. The first-order chi connectivity index (χ1) is 7.19. The Morgan fingerprint density at radius 1 is 1.40 bits per heavy atom. The molecule has 0 aliphatic rings. The van der Waals surface area contributed by atoms with Crippen LogP contribution in [0.1, 0.15) is 28.9 Å². The molecule has 3 heteroatoms. The first kappa shape index (κ1) is 11.9. The van der Waals surface area contributed by atoms with Gasteiger partial charge in [-0.3, -0.25) is 4.79 Å². The zero-order valence-electron chi connectivity index (χ0n) is 9.41. The number of ether oxygens (including phenoxy) is 1. The molecular weight excluding hydrogens is 190 g/mol. The van der Waals surface area contributed by atoms with Crippen LogP contribution in [0.4, 0.5) is 0 Å². The molecule has 1 aromatic carbocycles. The van der Waals surface area contributed by atoms with Crippen molar-refractivity contribution in [2.45, 2.75) is 13.0 Å². The minimum absolute atomic E-state index is 0.0150. The SMILES string of the molecule is CNC(C)c1ccc(C(=O)COC)cc1. The summed E-state index contributed by atoms with van der Waals surface area (Å²) in [5.41, 5.74) is 1.87. The molecule has 1 rings (SSSR count). The molecule has 0 spiro atoms. The van der Waals surface area contributed by atoms with Crippen LogP contribution in [0.5, 0.6) is 0 Å². The van der Waals surface area contributed by atoms with Gasteiger partial charge < -0.3 is 10.1 Å². The van der Waals surface area contributed by atoms with Gasteiger partial charge in [-0.1, -0.05) is 24.3 Å². The van der Waals surface area contributed by atoms with E-state index in [1.54, 1.807) is 0 Å². The fourth-order valence-corrected chi connectivity index (χ4v) is 1.34. The summed E-state index contributed by atoms with van der Waals surface area (Å²) in [5.74, 6) is 0.0150. The van der Waals surface area contributed by atoms with Gasteiger partial charge in [0.2, 0.25) is 0 Å². The van der Waals surface area contributed by atoms with Gasteiger partial charge in [0.15, 0.2) is 5.78 Å². The molecular formula is C12H17NO2. The van der Waals surface area contributed by atoms with Crippen LogP contribution in [0.15, 0.2) is 24.3 Å². The van der Waals surface area contributed by atoms with E-state index in [2.05, 4.69) is 12.2 Å². The Morgan fingerprint density at radius 3 is 2.47 bits per heavy atom. The van der Waals surface area contributed by atoms with Crippen molar-refractivity contribution in [1.82, 2.24) is 5.32 Å². The Balaban J connectivity index is 2.76. The zero-order chi connectivity index (χ0) is 11.3. The van der Waals surface area contributed by atoms with Gasteiger partial charge >= 0.3 is 0 Å². The molecule has 1 N–H and O–H groups in total. The summed E-state index contributed by atoms with van der Waals surface area (Å²) in [6.45, 7) is 2.22. The highest BCUT2D eigenvalue weighted by molar-refractivity contribution is 5.97. The fourth-order valence-electron chi connectivity index (χ4n) is 1.34. The molecule has 0 heterocycles. The number of Topliss-reactive ketones (excluding diaryl/α,β-unsaturated/α-hetero) is 1. The average Bonchev–Trinajstić information content (AvgIpc) is 2.28. The largest absolute Gasteiger partial charge is 0.377 e. The Bertz CT molecular complexity index is 319. The Hall–Kier alpha value is -1.19. The van der Waals surface area contributed by atoms with Crippen molar-refractivity contribution in [3.05, 3.63) is 35.4 Å². The molecule has 82 valence electrons. The number of nitrogens with one attached hydrogen (secondary N) is 1. The molecule has 1 aromatic rings. The monoisotopic (exact) mass is 207 g/mol. The fraction of sp³-hybridized carbons (Fsp3) is 0.417. The van der Waals surface area contributed by atoms with Gasteiger partial charge in [0.25, 0.3) is 0 Å². The van der Waals surface area contributed by atoms with Gasteiger partial charge in [-0.25, -0.2) is 0 Å². The minimum atomic E-state index is 0.0150. The van der Waals surface area contributed by atoms with E-state index < -0.39 is 0 Å². The third-order valence-corrected chi connectivity index (χ3v) is 2.44. The van der Waals surface area contributed by atoms with Crippen molar-refractivity contribution in [2.24, 2.45) is 0 Å². The average molecular weight is 207 g/mol. The van der Waals surface area contributed by atoms with Crippen LogP contribution in [0.2, 0.25) is 0 Å². The summed E-state index contributed by atoms with van der Waals surface area (Å²) in [6, 6.07) is 7.90. The predicted molar refractivity (Wildman–Crippen MR) is 60.1 cm³/mol. The number of ketones is 1. The number of hydrogen-bond acceptors (Lipinski definition) is 3. The van der Waals surface area contributed by atoms with Crippen LogP contribution >= 0.6 is 0 Å². The van der Waals surface area contributed by atoms with E-state index >= 15 is 0 Å². The van der Waals surface area contributed by atoms with Crippen molar-refractivity contribution in [3.8, 4) is 0 Å². The van der Waals surface area contributed by atoms with E-state index in [9.17, 15) is 4.79 Å². The predicted octanol–water partition coefficient (Wildman–Crippen LogP) is 1.80. The summed E-state index contributed by atoms with van der Waals surface area (Å²) >= 11 is 0. The number of carbonyl (C=O) groups excluding carboxylic acids is 1. The normalized spacial score (nSPS) is 12.5. The van der Waals surface area contributed by atoms with E-state index in [1.807, 2.05) is 31.3 Å². The second kappa shape index (κ2) is 5.63. The van der Waals surface area contributed by atoms with E-state index in [-0.39, 0.29) is 12.4 Å². The van der Waals surface area contributed by atoms with Gasteiger partial charge in [0.05, 0.1) is 0 Å². The van der Waals surface area contributed by atoms with Crippen LogP contribution < -0.4 is 5.32 Å². The van der Waals surface area contributed by atoms with Crippen LogP contribution in [0.25, 0.3) is 0 Å². The maximum absolute atomic E-state index is 11.5. The lowest BCUT2D eigenvalue weighted by molar-refractivity contribution is 0.0848. The van der Waals surface area contributed by atoms with Gasteiger partial charge in [-0.15, -0.1) is 0 Å². The number of rotatable bonds is 5. The quantitative estimate of drug-likeness (QED) is 0.748. The van der Waals surface area contributed by atoms with Crippen LogP contribution in [0, 0.1) is 0 Å². The van der Waals surface area contributed by atoms with Crippen molar-refractivity contribution >= 4 is 5.78 Å². The van der Waals surface area contributed by atoms with Gasteiger partial charge in [0.1, 0.15) is 6.61 Å². The molecule has 0 aliphatic heterocycles. The smallest absolute Gasteiger partial charge is 0.188 e. The maximum Gasteiger partial charge on any atom is 0.188 e. The molecule has 3 nitrogen and oxygen atoms in total. The Labute approximate surface area is 90.4 Å². The van der Waals surface area contributed by atoms with Crippen molar-refractivity contribution in [1.29, 1.82) is 0 Å². The summed E-state index contributed by atoms with van der Waals surface area (Å²) in [5, 5.41) is 3.15. The Morgan fingerprint density at radius 2 is 2.00 bits per heavy atom. The summed E-state index contributed by atoms with van der Waals surface area (Å²) < 4.78 is 4.80. The van der Waals surface area contributed by atoms with Crippen LogP contribution in [-0.4, -0.2) is 26.5 Å². The summed E-state index contributed by atoms with van der Waals surface area (Å²) in [4.78, 5) is 11.5. The van der Waals surface area contributed by atoms with E-state index in [1.165, 1.54) is 12.7 Å². The maximum atomic E-state index is 11.5. The molecule has 0 aliphatic carbocycles. The van der Waals surface area contributed by atoms with Gasteiger partial charge in [-0.2, -0.15) is 0 Å². The molecule has 0 aromatic heterocycles. The molecule has 0 radical (unpaired) electrons. The molecule has 15 heavy (non-hydrogen) atoms. The van der Waals surface area contributed by atoms with Crippen LogP contribution in [0.3, 0.4) is 0 Å². The number of carbonyl (C=O) groups is 1. The molecule has 0 saturated carbocycles. The van der Waals surface area contributed by atoms with Gasteiger partial charge in [0, 0.05) is 18.7 Å². The molecule has 0 bridgehead atoms. The van der Waals surface area contributed by atoms with E-state index in [0.717, 1.165) is 0 Å². The molecule has 0 saturated heterocycles. The summed E-state index contributed by atoms with van der Waals surface area (Å²) in [7, 11) is 3.43. The first-order valence-corrected chi connectivity index (χ1v) is 4.98. The molecule has 0 amide bonds. The van der Waals surface area contributed by atoms with Gasteiger partial charge in [-0.05, 0) is 19.5 Å². The third-order valence-electron chi connectivity index (χ3n) is 2.44. The molecule has 1 atom stereocenters. The van der Waals surface area contributed by atoms with Crippen molar-refractivity contribution < 1.29 is 9.53 Å². The topological polar surface area (TPSA) is 38.3 Å². The van der Waals surface area contributed by atoms with E-state index in [0.29, 0.717) is 11.6 Å². The lowest BCUT2D eigenvalue weighted by Crippen LogP contribution is -2.13. The lowest BCUT2D eigenvalue weighted by Gasteiger charge is -2.10. The highest BCUT2D eigenvalue weighted by Crippen LogP contribution is 2.12. The second-order valence-corrected chi connectivity index (χ2v) is 3.49. The zero-order valence-corrected chi connectivity index (χ0v) is 9.41. The number of benzene rings is 1. The second-order valence-electron chi connectivity index (χ2n) is 3.49. The number of hydrogen-bond donors (Lipinski definition) is 1. The van der Waals surface area contributed by atoms with Crippen molar-refractivity contribution in [2.75, 3.05) is 20.8 Å².